The Kier molecular flexibility index (Phi) is 5.11. The van der Waals surface area contributed by atoms with Crippen LogP contribution in [-0.2, 0) is 4.74 Å². The number of halogens is 1. The van der Waals surface area contributed by atoms with Gasteiger partial charge < -0.3 is 14.7 Å². The van der Waals surface area contributed by atoms with E-state index in [1.807, 2.05) is 19.1 Å². The monoisotopic (exact) mass is 330 g/mol. The zero-order chi connectivity index (χ0) is 17.1. The average molecular weight is 330 g/mol. The molecule has 0 spiro atoms. The Bertz CT molecular complexity index is 682. The molecule has 1 fully saturated rings. The first-order valence-electron chi connectivity index (χ1n) is 8.28. The van der Waals surface area contributed by atoms with E-state index in [1.54, 1.807) is 12.1 Å². The fourth-order valence-electron chi connectivity index (χ4n) is 3.03. The highest BCUT2D eigenvalue weighted by Crippen LogP contribution is 2.34. The van der Waals surface area contributed by atoms with Crippen LogP contribution in [0.2, 0.25) is 0 Å². The molecule has 0 radical (unpaired) electrons. The van der Waals surface area contributed by atoms with Crippen molar-refractivity contribution >= 4 is 0 Å². The van der Waals surface area contributed by atoms with Crippen molar-refractivity contribution < 1.29 is 14.2 Å². The third kappa shape index (κ3) is 3.91. The number of rotatable bonds is 4. The molecule has 24 heavy (non-hydrogen) atoms. The van der Waals surface area contributed by atoms with Crippen molar-refractivity contribution in [1.29, 1.82) is 0 Å². The number of phenols is 1. The summed E-state index contributed by atoms with van der Waals surface area (Å²) in [6.45, 7) is 3.88. The molecule has 0 bridgehead atoms. The predicted molar refractivity (Wildman–Crippen MR) is 90.5 cm³/mol. The molecule has 1 aromatic carbocycles. The molecule has 1 saturated heterocycles. The molecule has 1 aliphatic rings. The SMILES string of the molecule is Cc1ccc(C(OC2CCN(C)CC2)c2ccc(F)cn2)c(O)c1. The predicted octanol–water partition coefficient (Wildman–Crippen LogP) is 3.43. The van der Waals surface area contributed by atoms with E-state index < -0.39 is 6.10 Å². The van der Waals surface area contributed by atoms with Gasteiger partial charge >= 0.3 is 0 Å². The number of aromatic hydroxyl groups is 1. The van der Waals surface area contributed by atoms with Crippen LogP contribution < -0.4 is 0 Å². The largest absolute Gasteiger partial charge is 0.508 e. The Labute approximate surface area is 141 Å². The van der Waals surface area contributed by atoms with Crippen molar-refractivity contribution in [2.45, 2.75) is 32.0 Å². The number of pyridine rings is 1. The Hall–Kier alpha value is -1.98. The number of ether oxygens (including phenoxy) is 1. The van der Waals surface area contributed by atoms with Crippen LogP contribution in [0.5, 0.6) is 5.75 Å². The highest BCUT2D eigenvalue weighted by Gasteiger charge is 2.26. The van der Waals surface area contributed by atoms with Crippen molar-refractivity contribution in [3.8, 4) is 5.75 Å². The molecule has 1 N–H and O–H groups in total. The van der Waals surface area contributed by atoms with E-state index in [9.17, 15) is 9.50 Å². The van der Waals surface area contributed by atoms with Gasteiger partial charge in [-0.3, -0.25) is 4.98 Å². The lowest BCUT2D eigenvalue weighted by atomic mass is 10.0. The molecule has 2 aromatic rings. The number of aromatic nitrogens is 1. The quantitative estimate of drug-likeness (QED) is 0.933. The number of phenolic OH excluding ortho intramolecular Hbond substituents is 1. The first-order valence-corrected chi connectivity index (χ1v) is 8.28. The summed E-state index contributed by atoms with van der Waals surface area (Å²) in [5.41, 5.74) is 2.24. The molecule has 5 heteroatoms. The fourth-order valence-corrected chi connectivity index (χ4v) is 3.03. The lowest BCUT2D eigenvalue weighted by molar-refractivity contribution is -0.0258. The number of likely N-dealkylation sites (tertiary alicyclic amines) is 1. The normalized spacial score (nSPS) is 17.8. The van der Waals surface area contributed by atoms with E-state index in [-0.39, 0.29) is 17.7 Å². The molecule has 3 rings (SSSR count). The number of piperidine rings is 1. The maximum absolute atomic E-state index is 13.2. The minimum Gasteiger partial charge on any atom is -0.508 e. The van der Waals surface area contributed by atoms with Crippen LogP contribution in [0, 0.1) is 12.7 Å². The lowest BCUT2D eigenvalue weighted by Crippen LogP contribution is -2.35. The Morgan fingerprint density at radius 2 is 2.00 bits per heavy atom. The summed E-state index contributed by atoms with van der Waals surface area (Å²) >= 11 is 0. The van der Waals surface area contributed by atoms with E-state index in [0.717, 1.165) is 31.5 Å². The van der Waals surface area contributed by atoms with Crippen molar-refractivity contribution in [3.05, 3.63) is 59.2 Å². The molecule has 4 nitrogen and oxygen atoms in total. The van der Waals surface area contributed by atoms with Gasteiger partial charge in [-0.1, -0.05) is 12.1 Å². The van der Waals surface area contributed by atoms with Gasteiger partial charge in [-0.15, -0.1) is 0 Å². The standard InChI is InChI=1S/C19H23FN2O2/c1-13-3-5-16(18(23)11-13)19(17-6-4-14(20)12-21-17)24-15-7-9-22(2)10-8-15/h3-6,11-12,15,19,23H,7-10H2,1-2H3. The van der Waals surface area contributed by atoms with Gasteiger partial charge in [0.05, 0.1) is 18.0 Å². The van der Waals surface area contributed by atoms with Crippen LogP contribution in [0.15, 0.2) is 36.5 Å². The van der Waals surface area contributed by atoms with Crippen LogP contribution in [0.25, 0.3) is 0 Å². The second-order valence-corrected chi connectivity index (χ2v) is 6.48. The van der Waals surface area contributed by atoms with Gasteiger partial charge in [0.25, 0.3) is 0 Å². The lowest BCUT2D eigenvalue weighted by Gasteiger charge is -2.32. The molecule has 0 aliphatic carbocycles. The van der Waals surface area contributed by atoms with Gasteiger partial charge in [0.15, 0.2) is 0 Å². The first-order chi connectivity index (χ1) is 11.5. The van der Waals surface area contributed by atoms with E-state index in [4.69, 9.17) is 4.74 Å². The molecule has 128 valence electrons. The average Bonchev–Trinajstić information content (AvgIpc) is 2.56. The number of aryl methyl sites for hydroxylation is 1. The molecule has 2 heterocycles. The van der Waals surface area contributed by atoms with Gasteiger partial charge in [0.1, 0.15) is 17.7 Å². The zero-order valence-electron chi connectivity index (χ0n) is 14.1. The van der Waals surface area contributed by atoms with Crippen molar-refractivity contribution in [2.24, 2.45) is 0 Å². The first kappa shape index (κ1) is 16.9. The zero-order valence-corrected chi connectivity index (χ0v) is 14.1. The maximum atomic E-state index is 13.2. The van der Waals surface area contributed by atoms with Gasteiger partial charge in [0, 0.05) is 18.7 Å². The smallest absolute Gasteiger partial charge is 0.141 e. The molecule has 1 aromatic heterocycles. The van der Waals surface area contributed by atoms with Crippen molar-refractivity contribution in [2.75, 3.05) is 20.1 Å². The van der Waals surface area contributed by atoms with E-state index in [1.165, 1.54) is 12.3 Å². The molecule has 0 saturated carbocycles. The Morgan fingerprint density at radius 1 is 1.25 bits per heavy atom. The highest BCUT2D eigenvalue weighted by atomic mass is 19.1. The van der Waals surface area contributed by atoms with Crippen molar-refractivity contribution in [3.63, 3.8) is 0 Å². The highest BCUT2D eigenvalue weighted by molar-refractivity contribution is 5.40. The summed E-state index contributed by atoms with van der Waals surface area (Å²) in [5.74, 6) is -0.205. The van der Waals surface area contributed by atoms with Crippen LogP contribution >= 0.6 is 0 Å². The van der Waals surface area contributed by atoms with Crippen LogP contribution in [-0.4, -0.2) is 41.2 Å². The summed E-state index contributed by atoms with van der Waals surface area (Å²) in [6.07, 6.45) is 2.64. The van der Waals surface area contributed by atoms with Gasteiger partial charge in [-0.2, -0.15) is 0 Å². The maximum Gasteiger partial charge on any atom is 0.141 e. The summed E-state index contributed by atoms with van der Waals surface area (Å²) < 4.78 is 19.5. The van der Waals surface area contributed by atoms with Crippen molar-refractivity contribution in [1.82, 2.24) is 9.88 Å². The molecule has 0 amide bonds. The van der Waals surface area contributed by atoms with Gasteiger partial charge in [0.2, 0.25) is 0 Å². The van der Waals surface area contributed by atoms with Gasteiger partial charge in [-0.05, 0) is 50.6 Å². The summed E-state index contributed by atoms with van der Waals surface area (Å²) in [7, 11) is 2.10. The minimum absolute atomic E-state index is 0.0961. The third-order valence-corrected chi connectivity index (χ3v) is 4.48. The van der Waals surface area contributed by atoms with E-state index >= 15 is 0 Å². The summed E-state index contributed by atoms with van der Waals surface area (Å²) in [4.78, 5) is 6.45. The minimum atomic E-state index is -0.500. The Morgan fingerprint density at radius 3 is 2.62 bits per heavy atom. The second-order valence-electron chi connectivity index (χ2n) is 6.48. The molecule has 1 unspecified atom stereocenters. The summed E-state index contributed by atoms with van der Waals surface area (Å²) in [6, 6.07) is 8.50. The molecular weight excluding hydrogens is 307 g/mol. The summed E-state index contributed by atoms with van der Waals surface area (Å²) in [5, 5.41) is 10.4. The number of hydrogen-bond acceptors (Lipinski definition) is 4. The van der Waals surface area contributed by atoms with Crippen LogP contribution in [0.3, 0.4) is 0 Å². The number of hydrogen-bond donors (Lipinski definition) is 1. The van der Waals surface area contributed by atoms with E-state index in [2.05, 4.69) is 16.9 Å². The molecular formula is C19H23FN2O2. The van der Waals surface area contributed by atoms with E-state index in [0.29, 0.717) is 11.3 Å². The third-order valence-electron chi connectivity index (χ3n) is 4.48. The fraction of sp³-hybridized carbons (Fsp3) is 0.421. The molecule has 1 aliphatic heterocycles. The van der Waals surface area contributed by atoms with Crippen LogP contribution in [0.4, 0.5) is 4.39 Å². The molecule has 1 atom stereocenters. The second kappa shape index (κ2) is 7.28. The topological polar surface area (TPSA) is 45.6 Å². The number of nitrogens with zero attached hydrogens (tertiary/aromatic N) is 2. The van der Waals surface area contributed by atoms with Gasteiger partial charge in [-0.25, -0.2) is 4.39 Å². The number of benzene rings is 1. The van der Waals surface area contributed by atoms with Crippen LogP contribution in [0.1, 0.15) is 35.8 Å². The Balaban J connectivity index is 1.89.